The number of pyridine rings is 2. The van der Waals surface area contributed by atoms with Gasteiger partial charge in [0.25, 0.3) is 11.5 Å². The number of carbonyl (C=O) groups is 1. The lowest BCUT2D eigenvalue weighted by molar-refractivity contribution is 0.0672. The summed E-state index contributed by atoms with van der Waals surface area (Å²) >= 11 is 6.21. The van der Waals surface area contributed by atoms with Gasteiger partial charge in [-0.15, -0.1) is 0 Å². The molecule has 1 aliphatic heterocycles. The van der Waals surface area contributed by atoms with Crippen LogP contribution in [0.5, 0.6) is 5.88 Å². The van der Waals surface area contributed by atoms with Crippen molar-refractivity contribution in [2.24, 2.45) is 0 Å². The highest BCUT2D eigenvalue weighted by molar-refractivity contribution is 6.35. The third-order valence-corrected chi connectivity index (χ3v) is 5.85. The Morgan fingerprint density at radius 3 is 2.66 bits per heavy atom. The standard InChI is InChI=1S/C23H20ClN5O3/c1-15-13-28(14-26-15)19-6-7-20-22(30)27(8-9-29(20)23(19)31)10-11-32-21-17-5-3-2-4-16(17)18(24)12-25-21/h2-7,12-14H,8-11H2,1H3. The van der Waals surface area contributed by atoms with E-state index >= 15 is 0 Å². The van der Waals surface area contributed by atoms with E-state index in [1.165, 1.54) is 4.57 Å². The zero-order chi connectivity index (χ0) is 22.2. The van der Waals surface area contributed by atoms with Gasteiger partial charge in [0, 0.05) is 30.1 Å². The van der Waals surface area contributed by atoms with E-state index in [9.17, 15) is 9.59 Å². The average molecular weight is 450 g/mol. The number of imidazole rings is 1. The number of aryl methyl sites for hydroxylation is 1. The molecule has 4 heterocycles. The lowest BCUT2D eigenvalue weighted by Gasteiger charge is -2.29. The summed E-state index contributed by atoms with van der Waals surface area (Å²) in [5.74, 6) is 0.283. The van der Waals surface area contributed by atoms with Gasteiger partial charge in [0.1, 0.15) is 18.0 Å². The first kappa shape index (κ1) is 20.3. The molecule has 0 fully saturated rings. The van der Waals surface area contributed by atoms with E-state index in [0.29, 0.717) is 41.9 Å². The molecule has 1 aliphatic rings. The molecule has 0 spiro atoms. The highest BCUT2D eigenvalue weighted by atomic mass is 35.5. The number of aromatic nitrogens is 4. The largest absolute Gasteiger partial charge is 0.475 e. The maximum absolute atomic E-state index is 13.0. The molecule has 32 heavy (non-hydrogen) atoms. The van der Waals surface area contributed by atoms with Crippen molar-refractivity contribution in [1.29, 1.82) is 0 Å². The van der Waals surface area contributed by atoms with Crippen molar-refractivity contribution in [3.63, 3.8) is 0 Å². The molecule has 0 saturated carbocycles. The fourth-order valence-electron chi connectivity index (χ4n) is 3.92. The summed E-state index contributed by atoms with van der Waals surface area (Å²) in [6, 6.07) is 11.0. The molecular weight excluding hydrogens is 430 g/mol. The molecule has 5 rings (SSSR count). The topological polar surface area (TPSA) is 82.3 Å². The van der Waals surface area contributed by atoms with Crippen molar-refractivity contribution in [3.05, 3.63) is 81.9 Å². The van der Waals surface area contributed by atoms with Crippen LogP contribution in [-0.4, -0.2) is 49.6 Å². The molecule has 9 heteroatoms. The van der Waals surface area contributed by atoms with Gasteiger partial charge < -0.3 is 18.8 Å². The number of rotatable bonds is 5. The van der Waals surface area contributed by atoms with Gasteiger partial charge in [0.05, 0.1) is 29.8 Å². The van der Waals surface area contributed by atoms with Gasteiger partial charge in [-0.1, -0.05) is 29.8 Å². The second kappa shape index (κ2) is 8.12. The first-order chi connectivity index (χ1) is 15.5. The lowest BCUT2D eigenvalue weighted by atomic mass is 10.2. The Kier molecular flexibility index (Phi) is 5.14. The third-order valence-electron chi connectivity index (χ3n) is 5.55. The van der Waals surface area contributed by atoms with Gasteiger partial charge in [0.2, 0.25) is 5.88 Å². The first-order valence-corrected chi connectivity index (χ1v) is 10.6. The average Bonchev–Trinajstić information content (AvgIpc) is 3.23. The summed E-state index contributed by atoms with van der Waals surface area (Å²) in [6.45, 7) is 3.37. The second-order valence-corrected chi connectivity index (χ2v) is 7.99. The summed E-state index contributed by atoms with van der Waals surface area (Å²) in [6.07, 6.45) is 4.95. The summed E-state index contributed by atoms with van der Waals surface area (Å²) in [4.78, 5) is 36.0. The maximum atomic E-state index is 13.0. The van der Waals surface area contributed by atoms with Crippen molar-refractivity contribution in [2.45, 2.75) is 13.5 Å². The number of carbonyl (C=O) groups excluding carboxylic acids is 1. The van der Waals surface area contributed by atoms with Gasteiger partial charge in [-0.3, -0.25) is 9.59 Å². The van der Waals surface area contributed by atoms with Gasteiger partial charge in [0.15, 0.2) is 0 Å². The van der Waals surface area contributed by atoms with E-state index in [1.807, 2.05) is 31.2 Å². The van der Waals surface area contributed by atoms with E-state index < -0.39 is 0 Å². The molecule has 0 bridgehead atoms. The molecule has 0 aliphatic carbocycles. The Hall–Kier alpha value is -3.65. The molecule has 0 saturated heterocycles. The smallest absolute Gasteiger partial charge is 0.275 e. The van der Waals surface area contributed by atoms with Gasteiger partial charge >= 0.3 is 0 Å². The number of ether oxygens (including phenoxy) is 1. The minimum Gasteiger partial charge on any atom is -0.475 e. The van der Waals surface area contributed by atoms with Crippen molar-refractivity contribution in [2.75, 3.05) is 19.7 Å². The van der Waals surface area contributed by atoms with Crippen molar-refractivity contribution in [1.82, 2.24) is 24.0 Å². The van der Waals surface area contributed by atoms with Crippen LogP contribution in [0.3, 0.4) is 0 Å². The van der Waals surface area contributed by atoms with Crippen LogP contribution in [0.4, 0.5) is 0 Å². The number of amides is 1. The molecule has 0 unspecified atom stereocenters. The maximum Gasteiger partial charge on any atom is 0.275 e. The van der Waals surface area contributed by atoms with E-state index in [0.717, 1.165) is 16.5 Å². The Bertz CT molecular complexity index is 1390. The van der Waals surface area contributed by atoms with Crippen LogP contribution in [-0.2, 0) is 6.54 Å². The summed E-state index contributed by atoms with van der Waals surface area (Å²) in [7, 11) is 0. The summed E-state index contributed by atoms with van der Waals surface area (Å²) < 4.78 is 9.08. The number of nitrogens with zero attached hydrogens (tertiary/aromatic N) is 5. The van der Waals surface area contributed by atoms with E-state index in [2.05, 4.69) is 9.97 Å². The van der Waals surface area contributed by atoms with Gasteiger partial charge in [-0.05, 0) is 25.1 Å². The molecule has 8 nitrogen and oxygen atoms in total. The number of fused-ring (bicyclic) bond motifs is 2. The Balaban J connectivity index is 1.31. The summed E-state index contributed by atoms with van der Waals surface area (Å²) in [5.41, 5.74) is 1.45. The highest BCUT2D eigenvalue weighted by Gasteiger charge is 2.26. The Labute approximate surface area is 188 Å². The second-order valence-electron chi connectivity index (χ2n) is 7.58. The third kappa shape index (κ3) is 3.52. The molecule has 0 N–H and O–H groups in total. The summed E-state index contributed by atoms with van der Waals surface area (Å²) in [5, 5.41) is 2.25. The number of hydrogen-bond donors (Lipinski definition) is 0. The van der Waals surface area contributed by atoms with E-state index in [4.69, 9.17) is 16.3 Å². The molecule has 1 amide bonds. The van der Waals surface area contributed by atoms with Crippen LogP contribution in [0.15, 0.2) is 59.9 Å². The molecule has 4 aromatic rings. The number of benzene rings is 1. The normalized spacial score (nSPS) is 13.4. The SMILES string of the molecule is Cc1cn(-c2ccc3n(c2=O)CCN(CCOc2ncc(Cl)c4ccccc24)C3=O)cn1. The highest BCUT2D eigenvalue weighted by Crippen LogP contribution is 2.28. The Morgan fingerprint density at radius 1 is 1.06 bits per heavy atom. The first-order valence-electron chi connectivity index (χ1n) is 10.2. The fourth-order valence-corrected chi connectivity index (χ4v) is 4.14. The van der Waals surface area contributed by atoms with Gasteiger partial charge in [-0.25, -0.2) is 9.97 Å². The number of halogens is 1. The predicted molar refractivity (Wildman–Crippen MR) is 121 cm³/mol. The molecular formula is C23H20ClN5O3. The van der Waals surface area contributed by atoms with Crippen LogP contribution < -0.4 is 10.3 Å². The zero-order valence-corrected chi connectivity index (χ0v) is 18.1. The van der Waals surface area contributed by atoms with Crippen LogP contribution >= 0.6 is 11.6 Å². The number of hydrogen-bond acceptors (Lipinski definition) is 5. The minimum atomic E-state index is -0.207. The molecule has 162 valence electrons. The zero-order valence-electron chi connectivity index (χ0n) is 17.4. The van der Waals surface area contributed by atoms with Crippen LogP contribution in [0.2, 0.25) is 5.02 Å². The monoisotopic (exact) mass is 449 g/mol. The van der Waals surface area contributed by atoms with Crippen molar-refractivity contribution >= 4 is 28.3 Å². The molecule has 0 atom stereocenters. The van der Waals surface area contributed by atoms with Crippen LogP contribution in [0.1, 0.15) is 16.2 Å². The van der Waals surface area contributed by atoms with Crippen LogP contribution in [0, 0.1) is 6.92 Å². The van der Waals surface area contributed by atoms with Gasteiger partial charge in [-0.2, -0.15) is 0 Å². The Morgan fingerprint density at radius 2 is 1.88 bits per heavy atom. The van der Waals surface area contributed by atoms with E-state index in [1.54, 1.807) is 40.3 Å². The van der Waals surface area contributed by atoms with Crippen molar-refractivity contribution in [3.8, 4) is 11.6 Å². The lowest BCUT2D eigenvalue weighted by Crippen LogP contribution is -2.46. The molecule has 1 aromatic carbocycles. The van der Waals surface area contributed by atoms with Crippen LogP contribution in [0.25, 0.3) is 16.5 Å². The molecule has 0 radical (unpaired) electrons. The molecule has 3 aromatic heterocycles. The fraction of sp³-hybridized carbons (Fsp3) is 0.217. The quantitative estimate of drug-likeness (QED) is 0.467. The minimum absolute atomic E-state index is 0.195. The predicted octanol–water partition coefficient (Wildman–Crippen LogP) is 3.08. The van der Waals surface area contributed by atoms with E-state index in [-0.39, 0.29) is 18.1 Å². The van der Waals surface area contributed by atoms with Crippen molar-refractivity contribution < 1.29 is 9.53 Å².